The first-order valence-corrected chi connectivity index (χ1v) is 10.3. The van der Waals surface area contributed by atoms with Gasteiger partial charge in [0.1, 0.15) is 0 Å². The summed E-state index contributed by atoms with van der Waals surface area (Å²) in [6.45, 7) is 9.32. The van der Waals surface area contributed by atoms with Gasteiger partial charge in [-0.2, -0.15) is 0 Å². The van der Waals surface area contributed by atoms with Crippen molar-refractivity contribution in [3.63, 3.8) is 0 Å². The molecule has 1 aliphatic heterocycles. The van der Waals surface area contributed by atoms with Gasteiger partial charge in [0.25, 0.3) is 0 Å². The zero-order valence-electron chi connectivity index (χ0n) is 16.6. The highest BCUT2D eigenvalue weighted by molar-refractivity contribution is 5.55. The van der Waals surface area contributed by atoms with Crippen LogP contribution in [0, 0.1) is 5.92 Å². The Kier molecular flexibility index (Phi) is 6.73. The number of nitrogens with one attached hydrogen (secondary N) is 1. The van der Waals surface area contributed by atoms with Gasteiger partial charge in [-0.25, -0.2) is 0 Å². The van der Waals surface area contributed by atoms with E-state index >= 15 is 0 Å². The van der Waals surface area contributed by atoms with Crippen LogP contribution in [0.1, 0.15) is 69.7 Å². The molecule has 2 atom stereocenters. The second-order valence-corrected chi connectivity index (χ2v) is 8.09. The second-order valence-electron chi connectivity index (χ2n) is 8.09. The van der Waals surface area contributed by atoms with Crippen LogP contribution in [0.5, 0.6) is 0 Å². The van der Waals surface area contributed by atoms with Gasteiger partial charge in [-0.15, -0.1) is 0 Å². The van der Waals surface area contributed by atoms with E-state index in [1.807, 2.05) is 0 Å². The van der Waals surface area contributed by atoms with Crippen LogP contribution in [-0.4, -0.2) is 13.1 Å². The molecule has 0 aliphatic carbocycles. The highest BCUT2D eigenvalue weighted by Gasteiger charge is 2.22. The van der Waals surface area contributed by atoms with Gasteiger partial charge in [-0.05, 0) is 55.7 Å². The van der Waals surface area contributed by atoms with Crippen LogP contribution in [0.4, 0.5) is 5.69 Å². The van der Waals surface area contributed by atoms with E-state index in [4.69, 9.17) is 0 Å². The molecule has 0 aromatic heterocycles. The standard InChI is InChI=1S/C24H34N2/c1-19(2)18-23(25-20(3)21-12-6-4-7-13-21)22-14-8-9-15-24(22)26-16-10-5-11-17-26/h4,6-9,12-15,19-20,23,25H,5,10-11,16-18H2,1-3H3/t20-,23+/m0/s1. The predicted octanol–water partition coefficient (Wildman–Crippen LogP) is 6.11. The second kappa shape index (κ2) is 9.23. The molecule has 0 amide bonds. The Bertz CT molecular complexity index is 659. The summed E-state index contributed by atoms with van der Waals surface area (Å²) >= 11 is 0. The fourth-order valence-electron chi connectivity index (χ4n) is 4.10. The minimum absolute atomic E-state index is 0.342. The van der Waals surface area contributed by atoms with Crippen molar-refractivity contribution in [1.29, 1.82) is 0 Å². The summed E-state index contributed by atoms with van der Waals surface area (Å²) in [5, 5.41) is 3.93. The van der Waals surface area contributed by atoms with E-state index in [9.17, 15) is 0 Å². The molecule has 2 heteroatoms. The molecule has 2 aromatic carbocycles. The maximum atomic E-state index is 3.93. The van der Waals surface area contributed by atoms with Crippen LogP contribution in [0.3, 0.4) is 0 Å². The Balaban J connectivity index is 1.85. The molecule has 0 unspecified atom stereocenters. The molecule has 1 fully saturated rings. The minimum Gasteiger partial charge on any atom is -0.371 e. The molecule has 2 aromatic rings. The van der Waals surface area contributed by atoms with E-state index < -0.39 is 0 Å². The van der Waals surface area contributed by atoms with Crippen LogP contribution in [-0.2, 0) is 0 Å². The zero-order valence-corrected chi connectivity index (χ0v) is 16.6. The monoisotopic (exact) mass is 350 g/mol. The number of anilines is 1. The molecular formula is C24H34N2. The average molecular weight is 351 g/mol. The zero-order chi connectivity index (χ0) is 18.4. The predicted molar refractivity (Wildman–Crippen MR) is 113 cm³/mol. The lowest BCUT2D eigenvalue weighted by atomic mass is 9.93. The fraction of sp³-hybridized carbons (Fsp3) is 0.500. The van der Waals surface area contributed by atoms with Crippen LogP contribution in [0.2, 0.25) is 0 Å². The molecule has 140 valence electrons. The normalized spacial score (nSPS) is 17.3. The van der Waals surface area contributed by atoms with Crippen molar-refractivity contribution >= 4 is 5.69 Å². The molecule has 1 aliphatic rings. The quantitative estimate of drug-likeness (QED) is 0.647. The van der Waals surface area contributed by atoms with Crippen molar-refractivity contribution in [1.82, 2.24) is 5.32 Å². The molecule has 2 nitrogen and oxygen atoms in total. The average Bonchev–Trinajstić information content (AvgIpc) is 2.68. The van der Waals surface area contributed by atoms with Crippen molar-refractivity contribution in [2.45, 2.75) is 58.5 Å². The molecule has 1 heterocycles. The summed E-state index contributed by atoms with van der Waals surface area (Å²) < 4.78 is 0. The third-order valence-electron chi connectivity index (χ3n) is 5.47. The fourth-order valence-corrected chi connectivity index (χ4v) is 4.10. The van der Waals surface area contributed by atoms with Crippen LogP contribution >= 0.6 is 0 Å². The van der Waals surface area contributed by atoms with E-state index in [1.54, 1.807) is 0 Å². The van der Waals surface area contributed by atoms with E-state index in [0.717, 1.165) is 6.42 Å². The molecule has 1 N–H and O–H groups in total. The van der Waals surface area contributed by atoms with Gasteiger partial charge in [-0.1, -0.05) is 62.4 Å². The summed E-state index contributed by atoms with van der Waals surface area (Å²) in [7, 11) is 0. The van der Waals surface area contributed by atoms with Crippen LogP contribution in [0.25, 0.3) is 0 Å². The summed E-state index contributed by atoms with van der Waals surface area (Å²) in [4.78, 5) is 2.60. The Labute approximate surface area is 159 Å². The SMILES string of the molecule is CC(C)C[C@@H](N[C@@H](C)c1ccccc1)c1ccccc1N1CCCCC1. The first-order chi connectivity index (χ1) is 12.6. The highest BCUT2D eigenvalue weighted by atomic mass is 15.1. The smallest absolute Gasteiger partial charge is 0.0414 e. The lowest BCUT2D eigenvalue weighted by Gasteiger charge is -2.34. The molecule has 26 heavy (non-hydrogen) atoms. The minimum atomic E-state index is 0.342. The number of benzene rings is 2. The van der Waals surface area contributed by atoms with Gasteiger partial charge in [0.15, 0.2) is 0 Å². The number of para-hydroxylation sites is 1. The summed E-state index contributed by atoms with van der Waals surface area (Å²) in [5.41, 5.74) is 4.26. The van der Waals surface area contributed by atoms with Gasteiger partial charge in [0.2, 0.25) is 0 Å². The Morgan fingerprint density at radius 1 is 0.846 bits per heavy atom. The van der Waals surface area contributed by atoms with E-state index in [0.29, 0.717) is 18.0 Å². The summed E-state index contributed by atoms with van der Waals surface area (Å²) in [5.74, 6) is 0.657. The first-order valence-electron chi connectivity index (χ1n) is 10.3. The molecular weight excluding hydrogens is 316 g/mol. The largest absolute Gasteiger partial charge is 0.371 e. The summed E-state index contributed by atoms with van der Waals surface area (Å²) in [6, 6.07) is 20.6. The number of hydrogen-bond acceptors (Lipinski definition) is 2. The number of rotatable bonds is 7. The van der Waals surface area contributed by atoms with Gasteiger partial charge in [0, 0.05) is 30.9 Å². The maximum absolute atomic E-state index is 3.93. The lowest BCUT2D eigenvalue weighted by Crippen LogP contribution is -2.33. The first kappa shape index (κ1) is 19.0. The van der Waals surface area contributed by atoms with Crippen molar-refractivity contribution in [3.8, 4) is 0 Å². The van der Waals surface area contributed by atoms with Crippen molar-refractivity contribution in [3.05, 3.63) is 65.7 Å². The molecule has 0 spiro atoms. The van der Waals surface area contributed by atoms with Crippen molar-refractivity contribution < 1.29 is 0 Å². The molecule has 0 radical (unpaired) electrons. The molecule has 1 saturated heterocycles. The van der Waals surface area contributed by atoms with Gasteiger partial charge in [-0.3, -0.25) is 0 Å². The van der Waals surface area contributed by atoms with Gasteiger partial charge < -0.3 is 10.2 Å². The molecule has 0 saturated carbocycles. The van der Waals surface area contributed by atoms with E-state index in [2.05, 4.69) is 85.6 Å². The number of nitrogens with zero attached hydrogens (tertiary/aromatic N) is 1. The lowest BCUT2D eigenvalue weighted by molar-refractivity contribution is 0.393. The molecule has 3 rings (SSSR count). The Morgan fingerprint density at radius 3 is 2.19 bits per heavy atom. The third kappa shape index (κ3) is 4.88. The van der Waals surface area contributed by atoms with Crippen LogP contribution in [0.15, 0.2) is 54.6 Å². The maximum Gasteiger partial charge on any atom is 0.0414 e. The van der Waals surface area contributed by atoms with E-state index in [1.165, 1.54) is 49.2 Å². The van der Waals surface area contributed by atoms with Crippen molar-refractivity contribution in [2.24, 2.45) is 5.92 Å². The van der Waals surface area contributed by atoms with E-state index in [-0.39, 0.29) is 0 Å². The molecule has 0 bridgehead atoms. The van der Waals surface area contributed by atoms with Crippen molar-refractivity contribution in [2.75, 3.05) is 18.0 Å². The third-order valence-corrected chi connectivity index (χ3v) is 5.47. The highest BCUT2D eigenvalue weighted by Crippen LogP contribution is 2.33. The number of piperidine rings is 1. The van der Waals surface area contributed by atoms with Gasteiger partial charge in [0.05, 0.1) is 0 Å². The Morgan fingerprint density at radius 2 is 1.50 bits per heavy atom. The number of hydrogen-bond donors (Lipinski definition) is 1. The summed E-state index contributed by atoms with van der Waals surface area (Å²) in [6.07, 6.45) is 5.16. The topological polar surface area (TPSA) is 15.3 Å². The van der Waals surface area contributed by atoms with Crippen LogP contribution < -0.4 is 10.2 Å². The Hall–Kier alpha value is -1.80. The van der Waals surface area contributed by atoms with Gasteiger partial charge >= 0.3 is 0 Å².